The van der Waals surface area contributed by atoms with Gasteiger partial charge in [0, 0.05) is 12.5 Å². The molecule has 2 heterocycles. The van der Waals surface area contributed by atoms with Gasteiger partial charge in [0.15, 0.2) is 11.0 Å². The summed E-state index contributed by atoms with van der Waals surface area (Å²) < 4.78 is 2.26. The van der Waals surface area contributed by atoms with Gasteiger partial charge in [-0.15, -0.1) is 21.5 Å². The molecule has 1 atom stereocenters. The highest BCUT2D eigenvalue weighted by atomic mass is 32.2. The molecule has 6 heteroatoms. The quantitative estimate of drug-likeness (QED) is 0.856. The molecule has 21 heavy (non-hydrogen) atoms. The Bertz CT molecular complexity index is 646. The highest BCUT2D eigenvalue weighted by molar-refractivity contribution is 8.00. The molecule has 2 saturated carbocycles. The predicted octanol–water partition coefficient (Wildman–Crippen LogP) is 3.95. The molecule has 0 spiro atoms. The summed E-state index contributed by atoms with van der Waals surface area (Å²) in [6.07, 6.45) is 6.30. The molecule has 0 amide bonds. The number of thioether (sulfide) groups is 1. The molecule has 4 rings (SSSR count). The van der Waals surface area contributed by atoms with Crippen LogP contribution >= 0.6 is 23.1 Å². The normalized spacial score (nSPS) is 22.7. The van der Waals surface area contributed by atoms with Crippen molar-refractivity contribution < 1.29 is 4.79 Å². The fourth-order valence-electron chi connectivity index (χ4n) is 2.80. The summed E-state index contributed by atoms with van der Waals surface area (Å²) in [4.78, 5) is 13.2. The van der Waals surface area contributed by atoms with E-state index in [9.17, 15) is 4.79 Å². The number of nitrogens with zero attached hydrogens (tertiary/aromatic N) is 3. The van der Waals surface area contributed by atoms with E-state index in [4.69, 9.17) is 0 Å². The summed E-state index contributed by atoms with van der Waals surface area (Å²) in [5.41, 5.74) is 0. The molecule has 2 aliphatic carbocycles. The SMILES string of the molecule is O=C1CCCCC1Sc1nnc(-c2cccs2)n1C1CC1. The minimum atomic E-state index is 0.0802. The first kappa shape index (κ1) is 13.5. The average molecular weight is 319 g/mol. The van der Waals surface area contributed by atoms with Gasteiger partial charge in [-0.3, -0.25) is 9.36 Å². The standard InChI is InChI=1S/C15H17N3OS2/c19-11-4-1-2-5-12(11)21-15-17-16-14(13-6-3-9-20-13)18(15)10-7-8-10/h3,6,9-10,12H,1-2,4-5,7-8H2. The van der Waals surface area contributed by atoms with Gasteiger partial charge >= 0.3 is 0 Å². The predicted molar refractivity (Wildman–Crippen MR) is 84.7 cm³/mol. The third-order valence-electron chi connectivity index (χ3n) is 4.06. The minimum absolute atomic E-state index is 0.0802. The molecule has 2 aliphatic rings. The largest absolute Gasteiger partial charge is 0.298 e. The van der Waals surface area contributed by atoms with Gasteiger partial charge in [0.1, 0.15) is 5.78 Å². The Morgan fingerprint density at radius 2 is 2.14 bits per heavy atom. The summed E-state index contributed by atoms with van der Waals surface area (Å²) in [5.74, 6) is 1.35. The molecule has 0 aliphatic heterocycles. The fourth-order valence-corrected chi connectivity index (χ4v) is 4.73. The number of carbonyl (C=O) groups is 1. The Kier molecular flexibility index (Phi) is 3.59. The molecule has 0 N–H and O–H groups in total. The smallest absolute Gasteiger partial charge is 0.192 e. The third kappa shape index (κ3) is 2.66. The summed E-state index contributed by atoms with van der Waals surface area (Å²) in [6, 6.07) is 4.66. The molecule has 2 aromatic rings. The van der Waals surface area contributed by atoms with E-state index < -0.39 is 0 Å². The van der Waals surface area contributed by atoms with E-state index in [1.54, 1.807) is 23.1 Å². The van der Waals surface area contributed by atoms with Crippen molar-refractivity contribution in [1.82, 2.24) is 14.8 Å². The molecular weight excluding hydrogens is 302 g/mol. The summed E-state index contributed by atoms with van der Waals surface area (Å²) in [6.45, 7) is 0. The van der Waals surface area contributed by atoms with Crippen molar-refractivity contribution in [3.63, 3.8) is 0 Å². The molecule has 0 aromatic carbocycles. The molecule has 0 radical (unpaired) electrons. The average Bonchev–Trinajstić information content (AvgIpc) is 3.02. The lowest BCUT2D eigenvalue weighted by molar-refractivity contribution is -0.119. The minimum Gasteiger partial charge on any atom is -0.298 e. The molecular formula is C15H17N3OS2. The maximum atomic E-state index is 12.1. The first-order chi connectivity index (χ1) is 10.3. The maximum Gasteiger partial charge on any atom is 0.192 e. The van der Waals surface area contributed by atoms with Crippen LogP contribution in [0.4, 0.5) is 0 Å². The second kappa shape index (κ2) is 5.57. The number of thiophene rings is 1. The Labute approximate surface area is 132 Å². The second-order valence-corrected chi connectivity index (χ2v) is 7.82. The first-order valence-electron chi connectivity index (χ1n) is 7.51. The van der Waals surface area contributed by atoms with E-state index >= 15 is 0 Å². The van der Waals surface area contributed by atoms with Gasteiger partial charge in [-0.1, -0.05) is 24.2 Å². The lowest BCUT2D eigenvalue weighted by Gasteiger charge is -2.19. The van der Waals surface area contributed by atoms with Crippen molar-refractivity contribution in [3.8, 4) is 10.7 Å². The molecule has 0 saturated heterocycles. The molecule has 2 fully saturated rings. The van der Waals surface area contributed by atoms with E-state index in [-0.39, 0.29) is 5.25 Å². The van der Waals surface area contributed by atoms with Gasteiger partial charge in [0.05, 0.1) is 10.1 Å². The molecule has 0 bridgehead atoms. The number of Topliss-reactive ketones (excluding diaryl/α,β-unsaturated/α-hetero) is 1. The van der Waals surface area contributed by atoms with Crippen molar-refractivity contribution in [1.29, 1.82) is 0 Å². The van der Waals surface area contributed by atoms with Crippen LogP contribution in [0.3, 0.4) is 0 Å². The highest BCUT2D eigenvalue weighted by Gasteiger charge is 2.33. The summed E-state index contributed by atoms with van der Waals surface area (Å²) >= 11 is 3.33. The number of ketones is 1. The first-order valence-corrected chi connectivity index (χ1v) is 9.27. The summed E-state index contributed by atoms with van der Waals surface area (Å²) in [7, 11) is 0. The van der Waals surface area contributed by atoms with Crippen molar-refractivity contribution in [2.45, 2.75) is 55.0 Å². The zero-order valence-corrected chi connectivity index (χ0v) is 13.3. The number of rotatable bonds is 4. The van der Waals surface area contributed by atoms with E-state index in [0.29, 0.717) is 11.8 Å². The van der Waals surface area contributed by atoms with Crippen molar-refractivity contribution in [2.75, 3.05) is 0 Å². The van der Waals surface area contributed by atoms with E-state index in [0.717, 1.165) is 41.5 Å². The number of hydrogen-bond donors (Lipinski definition) is 0. The zero-order valence-electron chi connectivity index (χ0n) is 11.7. The van der Waals surface area contributed by atoms with Crippen LogP contribution in [0.15, 0.2) is 22.7 Å². The van der Waals surface area contributed by atoms with Crippen molar-refractivity contribution in [2.24, 2.45) is 0 Å². The highest BCUT2D eigenvalue weighted by Crippen LogP contribution is 2.43. The van der Waals surface area contributed by atoms with Crippen LogP contribution < -0.4 is 0 Å². The molecule has 110 valence electrons. The summed E-state index contributed by atoms with van der Waals surface area (Å²) in [5, 5.41) is 11.9. The monoisotopic (exact) mass is 319 g/mol. The second-order valence-electron chi connectivity index (χ2n) is 5.70. The van der Waals surface area contributed by atoms with Crippen LogP contribution in [0, 0.1) is 0 Å². The van der Waals surface area contributed by atoms with Crippen molar-refractivity contribution in [3.05, 3.63) is 17.5 Å². The van der Waals surface area contributed by atoms with Crippen molar-refractivity contribution >= 4 is 28.9 Å². The van der Waals surface area contributed by atoms with Crippen LogP contribution in [0.25, 0.3) is 10.7 Å². The van der Waals surface area contributed by atoms with E-state index in [2.05, 4.69) is 26.2 Å². The Morgan fingerprint density at radius 3 is 2.86 bits per heavy atom. The number of carbonyl (C=O) groups excluding carboxylic acids is 1. The Hall–Kier alpha value is -1.14. The van der Waals surface area contributed by atoms with Crippen LogP contribution in [0.1, 0.15) is 44.6 Å². The van der Waals surface area contributed by atoms with E-state index in [1.807, 2.05) is 6.07 Å². The zero-order chi connectivity index (χ0) is 14.2. The number of hydrogen-bond acceptors (Lipinski definition) is 5. The van der Waals surface area contributed by atoms with Crippen LogP contribution in [0.2, 0.25) is 0 Å². The molecule has 2 aromatic heterocycles. The van der Waals surface area contributed by atoms with Crippen LogP contribution in [0.5, 0.6) is 0 Å². The van der Waals surface area contributed by atoms with Gasteiger partial charge in [-0.2, -0.15) is 0 Å². The van der Waals surface area contributed by atoms with Crippen LogP contribution in [-0.2, 0) is 4.79 Å². The Balaban J connectivity index is 1.64. The van der Waals surface area contributed by atoms with Gasteiger partial charge in [0.2, 0.25) is 0 Å². The van der Waals surface area contributed by atoms with E-state index in [1.165, 1.54) is 12.8 Å². The van der Waals surface area contributed by atoms with Crippen LogP contribution in [-0.4, -0.2) is 25.8 Å². The lowest BCUT2D eigenvalue weighted by atomic mass is 9.99. The molecule has 1 unspecified atom stereocenters. The maximum absolute atomic E-state index is 12.1. The van der Waals surface area contributed by atoms with Gasteiger partial charge < -0.3 is 0 Å². The third-order valence-corrected chi connectivity index (χ3v) is 6.20. The number of aromatic nitrogens is 3. The Morgan fingerprint density at radius 1 is 1.24 bits per heavy atom. The topological polar surface area (TPSA) is 47.8 Å². The fraction of sp³-hybridized carbons (Fsp3) is 0.533. The lowest BCUT2D eigenvalue weighted by Crippen LogP contribution is -2.21. The van der Waals surface area contributed by atoms with Gasteiger partial charge in [0.25, 0.3) is 0 Å². The van der Waals surface area contributed by atoms with Gasteiger partial charge in [-0.05, 0) is 37.1 Å². The molecule has 4 nitrogen and oxygen atoms in total. The van der Waals surface area contributed by atoms with Gasteiger partial charge in [-0.25, -0.2) is 0 Å².